The number of aromatic nitrogens is 5. The number of aliphatic hydroxyl groups excluding tert-OH is 1. The van der Waals surface area contributed by atoms with E-state index >= 15 is 8.78 Å². The van der Waals surface area contributed by atoms with E-state index in [0.717, 1.165) is 31.5 Å². The lowest BCUT2D eigenvalue weighted by atomic mass is 10.0. The van der Waals surface area contributed by atoms with Crippen LogP contribution in [0, 0.1) is 11.6 Å². The number of rotatable bonds is 6. The lowest BCUT2D eigenvalue weighted by molar-refractivity contribution is 0.0473. The van der Waals surface area contributed by atoms with Gasteiger partial charge in [0.25, 0.3) is 5.91 Å². The average molecular weight is 576 g/mol. The smallest absolute Gasteiger partial charge is 0.254 e. The second-order valence-electron chi connectivity index (χ2n) is 11.6. The Hall–Kier alpha value is -3.99. The molecule has 1 aromatic carbocycles. The number of aliphatic hydroxyl groups is 1. The number of β-amino-alcohol motifs (C(OH)–C–C–N with tert-alkyl or cyclic N) is 1. The third-order valence-electron chi connectivity index (χ3n) is 8.45. The fourth-order valence-electron chi connectivity index (χ4n) is 5.97. The lowest BCUT2D eigenvalue weighted by Crippen LogP contribution is -2.42. The number of halogens is 2. The Morgan fingerprint density at radius 3 is 2.48 bits per heavy atom. The van der Waals surface area contributed by atoms with Crippen LogP contribution >= 0.6 is 0 Å². The molecular formula is C31H35F2N7O2. The predicted octanol–water partition coefficient (Wildman–Crippen LogP) is 4.65. The molecule has 0 bridgehead atoms. The van der Waals surface area contributed by atoms with Gasteiger partial charge in [-0.2, -0.15) is 0 Å². The van der Waals surface area contributed by atoms with Gasteiger partial charge in [-0.05, 0) is 54.9 Å². The van der Waals surface area contributed by atoms with E-state index in [9.17, 15) is 9.90 Å². The summed E-state index contributed by atoms with van der Waals surface area (Å²) in [6, 6.07) is 4.39. The molecule has 1 N–H and O–H groups in total. The monoisotopic (exact) mass is 575 g/mol. The van der Waals surface area contributed by atoms with Crippen molar-refractivity contribution < 1.29 is 18.7 Å². The van der Waals surface area contributed by atoms with E-state index < -0.39 is 17.7 Å². The minimum absolute atomic E-state index is 0.0428. The summed E-state index contributed by atoms with van der Waals surface area (Å²) in [6.45, 7) is 6.47. The van der Waals surface area contributed by atoms with Gasteiger partial charge in [-0.1, -0.05) is 19.9 Å². The van der Waals surface area contributed by atoms with Crippen molar-refractivity contribution in [2.24, 2.45) is 0 Å². The minimum atomic E-state index is -0.558. The number of hydrogen-bond donors (Lipinski definition) is 1. The van der Waals surface area contributed by atoms with Crippen molar-refractivity contribution in [2.75, 3.05) is 31.1 Å². The number of hydrogen-bond acceptors (Lipinski definition) is 7. The first-order valence-corrected chi connectivity index (χ1v) is 14.6. The number of amides is 1. The standard InChI is InChI=1S/C31H35F2N7O2/c1-19(2)22-14-34-31(35-15-22)38-10-7-23(8-11-38)40-17-26(33)28-27(36-18-37-29(28)40)13-20-5-6-21(12-25(20)32)30(42)39-9-3-4-24(41)16-39/h5-6,12,14-15,17-19,23-24,41H,3-4,7-11,13,16H2,1-2H3/t24-/m1/s1. The number of fused-ring (bicyclic) bond motifs is 1. The number of benzene rings is 1. The molecule has 0 saturated carbocycles. The highest BCUT2D eigenvalue weighted by atomic mass is 19.1. The van der Waals surface area contributed by atoms with Gasteiger partial charge in [-0.15, -0.1) is 0 Å². The molecule has 0 aliphatic carbocycles. The van der Waals surface area contributed by atoms with Gasteiger partial charge in [-0.25, -0.2) is 28.7 Å². The molecule has 6 rings (SSSR count). The van der Waals surface area contributed by atoms with Crippen LogP contribution < -0.4 is 4.90 Å². The third-order valence-corrected chi connectivity index (χ3v) is 8.45. The first kappa shape index (κ1) is 28.1. The van der Waals surface area contributed by atoms with E-state index in [0.29, 0.717) is 48.2 Å². The predicted molar refractivity (Wildman–Crippen MR) is 154 cm³/mol. The number of carbonyl (C=O) groups excluding carboxylic acids is 1. The molecule has 5 heterocycles. The molecule has 1 atom stereocenters. The number of piperidine rings is 2. The second-order valence-corrected chi connectivity index (χ2v) is 11.6. The highest BCUT2D eigenvalue weighted by molar-refractivity contribution is 5.94. The van der Waals surface area contributed by atoms with Gasteiger partial charge in [-0.3, -0.25) is 4.79 Å². The topological polar surface area (TPSA) is 100 Å². The summed E-state index contributed by atoms with van der Waals surface area (Å²) in [7, 11) is 0. The zero-order valence-corrected chi connectivity index (χ0v) is 23.9. The fraction of sp³-hybridized carbons (Fsp3) is 0.452. The van der Waals surface area contributed by atoms with Crippen LogP contribution in [-0.2, 0) is 6.42 Å². The van der Waals surface area contributed by atoms with E-state index in [1.165, 1.54) is 18.6 Å². The molecule has 2 saturated heterocycles. The average Bonchev–Trinajstić information content (AvgIpc) is 3.35. The minimum Gasteiger partial charge on any atom is -0.391 e. The first-order chi connectivity index (χ1) is 20.3. The molecule has 220 valence electrons. The lowest BCUT2D eigenvalue weighted by Gasteiger charge is -2.32. The maximum atomic E-state index is 15.4. The molecule has 11 heteroatoms. The Morgan fingerprint density at radius 1 is 1.02 bits per heavy atom. The van der Waals surface area contributed by atoms with Gasteiger partial charge >= 0.3 is 0 Å². The van der Waals surface area contributed by atoms with Crippen molar-refractivity contribution >= 4 is 22.9 Å². The first-order valence-electron chi connectivity index (χ1n) is 14.6. The van der Waals surface area contributed by atoms with Crippen molar-refractivity contribution in [3.05, 3.63) is 77.1 Å². The van der Waals surface area contributed by atoms with Crippen molar-refractivity contribution in [1.29, 1.82) is 0 Å². The summed E-state index contributed by atoms with van der Waals surface area (Å²) >= 11 is 0. The Morgan fingerprint density at radius 2 is 1.79 bits per heavy atom. The molecule has 0 spiro atoms. The van der Waals surface area contributed by atoms with Gasteiger partial charge in [0, 0.05) is 62.8 Å². The Bertz CT molecular complexity index is 1580. The second kappa shape index (κ2) is 11.7. The highest BCUT2D eigenvalue weighted by Crippen LogP contribution is 2.32. The Balaban J connectivity index is 1.17. The summed E-state index contributed by atoms with van der Waals surface area (Å²) in [5.74, 6) is -0.229. The van der Waals surface area contributed by atoms with E-state index in [4.69, 9.17) is 0 Å². The molecule has 2 fully saturated rings. The molecule has 0 unspecified atom stereocenters. The van der Waals surface area contributed by atoms with Gasteiger partial charge in [0.15, 0.2) is 5.82 Å². The van der Waals surface area contributed by atoms with E-state index in [2.05, 4.69) is 38.7 Å². The van der Waals surface area contributed by atoms with E-state index in [1.807, 2.05) is 17.0 Å². The van der Waals surface area contributed by atoms with Crippen LogP contribution in [0.4, 0.5) is 14.7 Å². The Labute approximate surface area is 243 Å². The van der Waals surface area contributed by atoms with Crippen LogP contribution in [0.5, 0.6) is 0 Å². The normalized spacial score (nSPS) is 18.3. The molecule has 42 heavy (non-hydrogen) atoms. The molecule has 4 aromatic rings. The van der Waals surface area contributed by atoms with Gasteiger partial charge < -0.3 is 19.5 Å². The summed E-state index contributed by atoms with van der Waals surface area (Å²) < 4.78 is 32.5. The maximum absolute atomic E-state index is 15.4. The zero-order chi connectivity index (χ0) is 29.4. The largest absolute Gasteiger partial charge is 0.391 e. The summed E-state index contributed by atoms with van der Waals surface area (Å²) in [6.07, 6.45) is 9.04. The molecule has 3 aromatic heterocycles. The van der Waals surface area contributed by atoms with Crippen LogP contribution in [0.25, 0.3) is 11.0 Å². The van der Waals surface area contributed by atoms with Crippen molar-refractivity contribution in [3.63, 3.8) is 0 Å². The summed E-state index contributed by atoms with van der Waals surface area (Å²) in [5, 5.41) is 10.2. The van der Waals surface area contributed by atoms with Crippen LogP contribution in [-0.4, -0.2) is 72.7 Å². The summed E-state index contributed by atoms with van der Waals surface area (Å²) in [4.78, 5) is 34.3. The fourth-order valence-corrected chi connectivity index (χ4v) is 5.97. The molecule has 2 aliphatic heterocycles. The van der Waals surface area contributed by atoms with Crippen LogP contribution in [0.1, 0.15) is 78.7 Å². The number of carbonyl (C=O) groups is 1. The molecule has 0 radical (unpaired) electrons. The quantitative estimate of drug-likeness (QED) is 0.357. The number of likely N-dealkylation sites (tertiary alicyclic amines) is 1. The Kier molecular flexibility index (Phi) is 7.85. The molecular weight excluding hydrogens is 540 g/mol. The number of nitrogens with zero attached hydrogens (tertiary/aromatic N) is 7. The van der Waals surface area contributed by atoms with Crippen LogP contribution in [0.2, 0.25) is 0 Å². The van der Waals surface area contributed by atoms with Crippen LogP contribution in [0.15, 0.2) is 43.1 Å². The van der Waals surface area contributed by atoms with Crippen molar-refractivity contribution in [1.82, 2.24) is 29.4 Å². The van der Waals surface area contributed by atoms with Crippen molar-refractivity contribution in [2.45, 2.75) is 64.0 Å². The van der Waals surface area contributed by atoms with E-state index in [-0.39, 0.29) is 35.9 Å². The van der Waals surface area contributed by atoms with Gasteiger partial charge in [0.05, 0.1) is 17.2 Å². The zero-order valence-electron chi connectivity index (χ0n) is 23.9. The van der Waals surface area contributed by atoms with Crippen molar-refractivity contribution in [3.8, 4) is 0 Å². The van der Waals surface area contributed by atoms with Gasteiger partial charge in [0.1, 0.15) is 17.8 Å². The van der Waals surface area contributed by atoms with E-state index in [1.54, 1.807) is 17.0 Å². The summed E-state index contributed by atoms with van der Waals surface area (Å²) in [5.41, 5.74) is 2.52. The van der Waals surface area contributed by atoms with Gasteiger partial charge in [0.2, 0.25) is 5.95 Å². The molecule has 9 nitrogen and oxygen atoms in total. The number of anilines is 1. The highest BCUT2D eigenvalue weighted by Gasteiger charge is 2.27. The van der Waals surface area contributed by atoms with Crippen LogP contribution in [0.3, 0.4) is 0 Å². The third kappa shape index (κ3) is 5.57. The maximum Gasteiger partial charge on any atom is 0.254 e. The SMILES string of the molecule is CC(C)c1cnc(N2CCC(n3cc(F)c4c(Cc5ccc(C(=O)N6CCC[C@@H](O)C6)cc5F)ncnc43)CC2)nc1. The molecule has 2 aliphatic rings. The molecule has 1 amide bonds.